The van der Waals surface area contributed by atoms with Gasteiger partial charge in [-0.05, 0) is 57.1 Å². The molecule has 144 valence electrons. The number of carbonyl (C=O) groups is 2. The van der Waals surface area contributed by atoms with Crippen molar-refractivity contribution in [3.63, 3.8) is 0 Å². The van der Waals surface area contributed by atoms with Gasteiger partial charge < -0.3 is 15.4 Å². The predicted molar refractivity (Wildman–Crippen MR) is 103 cm³/mol. The topological polar surface area (TPSA) is 67.4 Å². The van der Waals surface area contributed by atoms with Crippen LogP contribution in [0.3, 0.4) is 0 Å². The van der Waals surface area contributed by atoms with Gasteiger partial charge in [0.15, 0.2) is 0 Å². The summed E-state index contributed by atoms with van der Waals surface area (Å²) in [5.41, 5.74) is 0.534. The highest BCUT2D eigenvalue weighted by molar-refractivity contribution is 5.96. The maximum Gasteiger partial charge on any atom is 0.255 e. The molecule has 0 aliphatic heterocycles. The number of hydrogen-bond acceptors (Lipinski definition) is 3. The first kappa shape index (κ1) is 20.3. The molecule has 2 N–H and O–H groups in total. The molecular weight excluding hydrogens is 328 g/mol. The molecule has 1 aliphatic rings. The van der Waals surface area contributed by atoms with E-state index in [4.69, 9.17) is 4.74 Å². The van der Waals surface area contributed by atoms with Crippen molar-refractivity contribution in [1.82, 2.24) is 10.6 Å². The van der Waals surface area contributed by atoms with E-state index in [1.165, 1.54) is 19.3 Å². The first-order valence-electron chi connectivity index (χ1n) is 9.93. The van der Waals surface area contributed by atoms with Crippen LogP contribution in [0.2, 0.25) is 0 Å². The largest absolute Gasteiger partial charge is 0.493 e. The third-order valence-corrected chi connectivity index (χ3v) is 5.09. The maximum atomic E-state index is 12.3. The SMILES string of the molecule is CCOc1ccccc1C(=O)NCCCC(=O)NC1CCC(CC)CC1. The summed E-state index contributed by atoms with van der Waals surface area (Å²) in [6, 6.07) is 7.54. The van der Waals surface area contributed by atoms with Crippen LogP contribution < -0.4 is 15.4 Å². The van der Waals surface area contributed by atoms with Crippen molar-refractivity contribution in [2.45, 2.75) is 64.8 Å². The highest BCUT2D eigenvalue weighted by Gasteiger charge is 2.21. The molecule has 2 amide bonds. The van der Waals surface area contributed by atoms with E-state index in [-0.39, 0.29) is 11.8 Å². The van der Waals surface area contributed by atoms with Gasteiger partial charge in [-0.3, -0.25) is 9.59 Å². The fraction of sp³-hybridized carbons (Fsp3) is 0.619. The summed E-state index contributed by atoms with van der Waals surface area (Å²) in [6.45, 7) is 5.13. The molecule has 5 heteroatoms. The summed E-state index contributed by atoms with van der Waals surface area (Å²) in [5, 5.41) is 6.01. The van der Waals surface area contributed by atoms with Crippen LogP contribution >= 0.6 is 0 Å². The van der Waals surface area contributed by atoms with Crippen molar-refractivity contribution < 1.29 is 14.3 Å². The fourth-order valence-electron chi connectivity index (χ4n) is 3.50. The molecule has 1 aliphatic carbocycles. The van der Waals surface area contributed by atoms with Crippen LogP contribution in [0.15, 0.2) is 24.3 Å². The average Bonchev–Trinajstić information content (AvgIpc) is 2.66. The Morgan fingerprint density at radius 1 is 1.12 bits per heavy atom. The Morgan fingerprint density at radius 2 is 1.85 bits per heavy atom. The van der Waals surface area contributed by atoms with Gasteiger partial charge in [-0.25, -0.2) is 0 Å². The van der Waals surface area contributed by atoms with Gasteiger partial charge in [0.2, 0.25) is 5.91 Å². The fourth-order valence-corrected chi connectivity index (χ4v) is 3.50. The third-order valence-electron chi connectivity index (χ3n) is 5.09. The first-order valence-corrected chi connectivity index (χ1v) is 9.93. The van der Waals surface area contributed by atoms with Gasteiger partial charge in [0.05, 0.1) is 12.2 Å². The zero-order valence-electron chi connectivity index (χ0n) is 16.1. The van der Waals surface area contributed by atoms with E-state index in [1.54, 1.807) is 12.1 Å². The Kier molecular flexibility index (Phi) is 8.45. The molecule has 1 saturated carbocycles. The summed E-state index contributed by atoms with van der Waals surface area (Å²) < 4.78 is 5.48. The van der Waals surface area contributed by atoms with Crippen molar-refractivity contribution in [2.24, 2.45) is 5.92 Å². The number of rotatable bonds is 9. The highest BCUT2D eigenvalue weighted by Crippen LogP contribution is 2.26. The van der Waals surface area contributed by atoms with Crippen molar-refractivity contribution >= 4 is 11.8 Å². The first-order chi connectivity index (χ1) is 12.6. The van der Waals surface area contributed by atoms with Gasteiger partial charge in [-0.1, -0.05) is 25.5 Å². The number of ether oxygens (including phenoxy) is 1. The molecule has 5 nitrogen and oxygen atoms in total. The van der Waals surface area contributed by atoms with E-state index in [1.807, 2.05) is 19.1 Å². The second kappa shape index (κ2) is 10.8. The lowest BCUT2D eigenvalue weighted by atomic mass is 9.84. The summed E-state index contributed by atoms with van der Waals surface area (Å²) in [7, 11) is 0. The number of benzene rings is 1. The molecule has 0 aromatic heterocycles. The third kappa shape index (κ3) is 6.36. The summed E-state index contributed by atoms with van der Waals surface area (Å²) in [6.07, 6.45) is 6.95. The molecule has 2 rings (SSSR count). The molecule has 26 heavy (non-hydrogen) atoms. The smallest absolute Gasteiger partial charge is 0.255 e. The van der Waals surface area contributed by atoms with Crippen molar-refractivity contribution in [2.75, 3.05) is 13.2 Å². The molecule has 0 saturated heterocycles. The number of nitrogens with one attached hydrogen (secondary N) is 2. The lowest BCUT2D eigenvalue weighted by molar-refractivity contribution is -0.122. The minimum absolute atomic E-state index is 0.0916. The quantitative estimate of drug-likeness (QED) is 0.660. The van der Waals surface area contributed by atoms with Gasteiger partial charge in [0, 0.05) is 19.0 Å². The van der Waals surface area contributed by atoms with Gasteiger partial charge in [0.1, 0.15) is 5.75 Å². The summed E-state index contributed by atoms with van der Waals surface area (Å²) >= 11 is 0. The molecule has 0 atom stereocenters. The second-order valence-corrected chi connectivity index (χ2v) is 6.98. The Hall–Kier alpha value is -2.04. The van der Waals surface area contributed by atoms with E-state index >= 15 is 0 Å². The molecule has 1 fully saturated rings. The monoisotopic (exact) mass is 360 g/mol. The van der Waals surface area contributed by atoms with Crippen LogP contribution in [0.1, 0.15) is 69.2 Å². The van der Waals surface area contributed by atoms with Crippen LogP contribution in [0.5, 0.6) is 5.75 Å². The van der Waals surface area contributed by atoms with Crippen LogP contribution in [-0.4, -0.2) is 31.0 Å². The number of hydrogen-bond donors (Lipinski definition) is 2. The van der Waals surface area contributed by atoms with Crippen LogP contribution in [0.25, 0.3) is 0 Å². The molecule has 1 aromatic rings. The lowest BCUT2D eigenvalue weighted by Crippen LogP contribution is -2.37. The average molecular weight is 360 g/mol. The lowest BCUT2D eigenvalue weighted by Gasteiger charge is -2.28. The molecular formula is C21H32N2O3. The van der Waals surface area contributed by atoms with Gasteiger partial charge in [-0.15, -0.1) is 0 Å². The second-order valence-electron chi connectivity index (χ2n) is 6.98. The van der Waals surface area contributed by atoms with Crippen molar-refractivity contribution in [3.8, 4) is 5.75 Å². The van der Waals surface area contributed by atoms with E-state index in [0.717, 1.165) is 18.8 Å². The van der Waals surface area contributed by atoms with Crippen LogP contribution in [0.4, 0.5) is 0 Å². The molecule has 0 radical (unpaired) electrons. The van der Waals surface area contributed by atoms with E-state index in [2.05, 4.69) is 17.6 Å². The standard InChI is InChI=1S/C21H32N2O3/c1-3-16-11-13-17(14-12-16)23-20(24)10-7-15-22-21(25)18-8-5-6-9-19(18)26-4-2/h5-6,8-9,16-17H,3-4,7,10-15H2,1-2H3,(H,22,25)(H,23,24). The van der Waals surface area contributed by atoms with Crippen molar-refractivity contribution in [3.05, 3.63) is 29.8 Å². The number of para-hydroxylation sites is 1. The van der Waals surface area contributed by atoms with E-state index in [9.17, 15) is 9.59 Å². The van der Waals surface area contributed by atoms with Gasteiger partial charge in [0.25, 0.3) is 5.91 Å². The Morgan fingerprint density at radius 3 is 2.54 bits per heavy atom. The van der Waals surface area contributed by atoms with Gasteiger partial charge >= 0.3 is 0 Å². The van der Waals surface area contributed by atoms with Crippen molar-refractivity contribution in [1.29, 1.82) is 0 Å². The molecule has 0 bridgehead atoms. The van der Waals surface area contributed by atoms with Crippen LogP contribution in [-0.2, 0) is 4.79 Å². The zero-order chi connectivity index (χ0) is 18.8. The minimum Gasteiger partial charge on any atom is -0.493 e. The maximum absolute atomic E-state index is 12.3. The Balaban J connectivity index is 1.65. The molecule has 0 unspecified atom stereocenters. The number of carbonyl (C=O) groups excluding carboxylic acids is 2. The predicted octanol–water partition coefficient (Wildman–Crippen LogP) is 3.68. The summed E-state index contributed by atoms with van der Waals surface area (Å²) in [4.78, 5) is 24.3. The van der Waals surface area contributed by atoms with E-state index in [0.29, 0.717) is 43.3 Å². The minimum atomic E-state index is -0.160. The molecule has 0 heterocycles. The Labute approximate surface area is 156 Å². The molecule has 1 aromatic carbocycles. The zero-order valence-corrected chi connectivity index (χ0v) is 16.1. The normalized spacial score (nSPS) is 19.6. The summed E-state index contributed by atoms with van der Waals surface area (Å²) in [5.74, 6) is 1.35. The van der Waals surface area contributed by atoms with E-state index < -0.39 is 0 Å². The molecule has 0 spiro atoms. The van der Waals surface area contributed by atoms with Gasteiger partial charge in [-0.2, -0.15) is 0 Å². The number of amides is 2. The highest BCUT2D eigenvalue weighted by atomic mass is 16.5. The van der Waals surface area contributed by atoms with Crippen LogP contribution in [0, 0.1) is 5.92 Å². The Bertz CT molecular complexity index is 580.